The summed E-state index contributed by atoms with van der Waals surface area (Å²) >= 11 is 0. The minimum absolute atomic E-state index is 0.364. The van der Waals surface area contributed by atoms with Crippen molar-refractivity contribution in [2.45, 2.75) is 51.0 Å². The van der Waals surface area contributed by atoms with Gasteiger partial charge in [0, 0.05) is 41.3 Å². The summed E-state index contributed by atoms with van der Waals surface area (Å²) < 4.78 is 0. The average Bonchev–Trinajstić information content (AvgIpc) is 3.12. The molecule has 28 heavy (non-hydrogen) atoms. The molecule has 2 atom stereocenters. The van der Waals surface area contributed by atoms with Crippen LogP contribution in [0, 0.1) is 23.7 Å². The number of aromatic nitrogens is 2. The van der Waals surface area contributed by atoms with Crippen LogP contribution in [0.5, 0.6) is 0 Å². The molecule has 1 aliphatic heterocycles. The van der Waals surface area contributed by atoms with E-state index in [2.05, 4.69) is 23.0 Å². The largest absolute Gasteiger partial charge is 0.468 e. The van der Waals surface area contributed by atoms with Gasteiger partial charge in [0.15, 0.2) is 0 Å². The third-order valence-electron chi connectivity index (χ3n) is 7.68. The molecule has 6 nitrogen and oxygen atoms in total. The van der Waals surface area contributed by atoms with Crippen LogP contribution in [0.3, 0.4) is 0 Å². The SMILES string of the molecule is CCCN1N=C([C@H]2C3CC4CC2C[C@](O)(C4)C3)c2c(cnc3[nH]ccc23)B1O. The standard InChI is InChI=1S/C21H27BN4O2/c1-2-5-26-22(28)16-11-24-20-15(3-4-23-20)18(16)19(25-26)17-13-6-12-7-14(17)10-21(27,8-12)9-13/h3-4,11-14,17,27-28H,2,5-10H2,1H3,(H,23,24)/t12?,13?,14?,17-,21-. The van der Waals surface area contributed by atoms with Gasteiger partial charge >= 0.3 is 7.05 Å². The Bertz CT molecular complexity index is 956. The lowest BCUT2D eigenvalue weighted by molar-refractivity contribution is -0.138. The number of aliphatic hydroxyl groups is 1. The first-order valence-corrected chi connectivity index (χ1v) is 10.8. The van der Waals surface area contributed by atoms with Crippen molar-refractivity contribution in [1.29, 1.82) is 0 Å². The van der Waals surface area contributed by atoms with Gasteiger partial charge in [0.2, 0.25) is 0 Å². The average molecular weight is 378 g/mol. The van der Waals surface area contributed by atoms with E-state index in [1.54, 1.807) is 0 Å². The zero-order chi connectivity index (χ0) is 19.0. The van der Waals surface area contributed by atoms with E-state index in [0.717, 1.165) is 60.0 Å². The highest BCUT2D eigenvalue weighted by Crippen LogP contribution is 2.59. The van der Waals surface area contributed by atoms with Crippen molar-refractivity contribution in [2.75, 3.05) is 6.54 Å². The van der Waals surface area contributed by atoms with E-state index in [1.165, 1.54) is 12.8 Å². The number of hydrogen-bond acceptors (Lipinski definition) is 5. The predicted molar refractivity (Wildman–Crippen MR) is 109 cm³/mol. The highest BCUT2D eigenvalue weighted by molar-refractivity contribution is 6.66. The summed E-state index contributed by atoms with van der Waals surface area (Å²) in [6.07, 6.45) is 9.86. The molecule has 0 saturated heterocycles. The van der Waals surface area contributed by atoms with Gasteiger partial charge in [0.1, 0.15) is 5.65 Å². The molecule has 4 saturated carbocycles. The number of rotatable bonds is 3. The van der Waals surface area contributed by atoms with Crippen LogP contribution in [0.2, 0.25) is 0 Å². The molecule has 2 unspecified atom stereocenters. The summed E-state index contributed by atoms with van der Waals surface area (Å²) in [6.45, 7) is 2.84. The molecule has 4 aliphatic carbocycles. The molecule has 0 amide bonds. The Labute approximate surface area is 165 Å². The van der Waals surface area contributed by atoms with Crippen LogP contribution in [0.4, 0.5) is 0 Å². The second-order valence-corrected chi connectivity index (χ2v) is 9.57. The van der Waals surface area contributed by atoms with Crippen molar-refractivity contribution in [1.82, 2.24) is 14.9 Å². The first-order chi connectivity index (χ1) is 13.6. The Morgan fingerprint density at radius 1 is 1.29 bits per heavy atom. The number of fused-ring (bicyclic) bond motifs is 3. The Hall–Kier alpha value is -1.86. The molecule has 4 fully saturated rings. The lowest BCUT2D eigenvalue weighted by Gasteiger charge is -2.58. The smallest absolute Gasteiger partial charge is 0.428 e. The van der Waals surface area contributed by atoms with E-state index in [1.807, 2.05) is 17.3 Å². The summed E-state index contributed by atoms with van der Waals surface area (Å²) in [5, 5.41) is 28.1. The minimum atomic E-state index is -0.744. The topological polar surface area (TPSA) is 84.7 Å². The monoisotopic (exact) mass is 378 g/mol. The Morgan fingerprint density at radius 2 is 2.07 bits per heavy atom. The fraction of sp³-hybridized carbons (Fsp3) is 0.619. The van der Waals surface area contributed by atoms with Gasteiger partial charge in [-0.2, -0.15) is 5.10 Å². The molecule has 3 N–H and O–H groups in total. The molecule has 0 radical (unpaired) electrons. The molecule has 2 aromatic rings. The lowest BCUT2D eigenvalue weighted by Crippen LogP contribution is -2.59. The van der Waals surface area contributed by atoms with E-state index in [-0.39, 0.29) is 0 Å². The Kier molecular flexibility index (Phi) is 3.55. The highest BCUT2D eigenvalue weighted by atomic mass is 16.3. The summed E-state index contributed by atoms with van der Waals surface area (Å²) in [4.78, 5) is 9.60. The second kappa shape index (κ2) is 5.83. The van der Waals surface area contributed by atoms with Crippen molar-refractivity contribution in [3.8, 4) is 0 Å². The summed E-state index contributed by atoms with van der Waals surface area (Å²) in [7, 11) is -0.744. The van der Waals surface area contributed by atoms with Gasteiger partial charge in [-0.15, -0.1) is 0 Å². The third-order valence-corrected chi connectivity index (χ3v) is 7.68. The molecular formula is C21H27BN4O2. The van der Waals surface area contributed by atoms with Crippen LogP contribution in [0.15, 0.2) is 23.6 Å². The summed E-state index contributed by atoms with van der Waals surface area (Å²) in [6, 6.07) is 2.06. The zero-order valence-electron chi connectivity index (χ0n) is 16.3. The first kappa shape index (κ1) is 17.0. The number of nitrogens with one attached hydrogen (secondary N) is 1. The maximum atomic E-state index is 11.0. The summed E-state index contributed by atoms with van der Waals surface area (Å²) in [5.41, 5.74) is 3.48. The van der Waals surface area contributed by atoms with Gasteiger partial charge in [-0.05, 0) is 62.3 Å². The van der Waals surface area contributed by atoms with E-state index >= 15 is 0 Å². The fourth-order valence-corrected chi connectivity index (χ4v) is 6.97. The van der Waals surface area contributed by atoms with Crippen LogP contribution in [-0.4, -0.2) is 49.9 Å². The lowest BCUT2D eigenvalue weighted by atomic mass is 9.48. The number of H-pyrrole nitrogens is 1. The van der Waals surface area contributed by atoms with Gasteiger partial charge in [-0.25, -0.2) is 4.98 Å². The molecule has 5 aliphatic rings. The van der Waals surface area contributed by atoms with E-state index < -0.39 is 12.7 Å². The van der Waals surface area contributed by atoms with Gasteiger partial charge in [0.05, 0.1) is 11.3 Å². The normalized spacial score (nSPS) is 36.2. The van der Waals surface area contributed by atoms with Crippen LogP contribution >= 0.6 is 0 Å². The number of nitrogens with zero attached hydrogens (tertiary/aromatic N) is 3. The van der Waals surface area contributed by atoms with Gasteiger partial charge in [0.25, 0.3) is 0 Å². The molecule has 3 heterocycles. The third kappa shape index (κ3) is 2.29. The first-order valence-electron chi connectivity index (χ1n) is 10.8. The van der Waals surface area contributed by atoms with Crippen molar-refractivity contribution in [2.24, 2.45) is 28.8 Å². The zero-order valence-corrected chi connectivity index (χ0v) is 16.3. The number of hydrogen-bond donors (Lipinski definition) is 3. The molecule has 4 bridgehead atoms. The van der Waals surface area contributed by atoms with Gasteiger partial charge in [-0.1, -0.05) is 6.92 Å². The van der Waals surface area contributed by atoms with E-state index in [0.29, 0.717) is 23.7 Å². The molecular weight excluding hydrogens is 351 g/mol. The molecule has 7 rings (SSSR count). The minimum Gasteiger partial charge on any atom is -0.428 e. The number of hydrazone groups is 1. The number of aromatic amines is 1. The maximum absolute atomic E-state index is 11.0. The van der Waals surface area contributed by atoms with Crippen molar-refractivity contribution >= 4 is 29.3 Å². The van der Waals surface area contributed by atoms with Crippen LogP contribution < -0.4 is 5.46 Å². The molecule has 2 aromatic heterocycles. The molecule has 146 valence electrons. The quantitative estimate of drug-likeness (QED) is 0.712. The fourth-order valence-electron chi connectivity index (χ4n) is 6.97. The molecule has 0 spiro atoms. The van der Waals surface area contributed by atoms with Crippen LogP contribution in [0.25, 0.3) is 11.0 Å². The van der Waals surface area contributed by atoms with Gasteiger partial charge < -0.3 is 20.0 Å². The second-order valence-electron chi connectivity index (χ2n) is 9.57. The Morgan fingerprint density at radius 3 is 2.79 bits per heavy atom. The van der Waals surface area contributed by atoms with Crippen LogP contribution in [0.1, 0.15) is 51.0 Å². The van der Waals surface area contributed by atoms with Gasteiger partial charge in [-0.3, -0.25) is 0 Å². The molecule has 0 aromatic carbocycles. The number of pyridine rings is 1. The van der Waals surface area contributed by atoms with Crippen molar-refractivity contribution in [3.63, 3.8) is 0 Å². The Balaban J connectivity index is 1.52. The highest BCUT2D eigenvalue weighted by Gasteiger charge is 2.57. The van der Waals surface area contributed by atoms with E-state index in [9.17, 15) is 10.1 Å². The maximum Gasteiger partial charge on any atom is 0.468 e. The van der Waals surface area contributed by atoms with Crippen molar-refractivity contribution in [3.05, 3.63) is 24.0 Å². The van der Waals surface area contributed by atoms with Crippen LogP contribution in [-0.2, 0) is 0 Å². The predicted octanol–water partition coefficient (Wildman–Crippen LogP) is 1.87. The van der Waals surface area contributed by atoms with Crippen molar-refractivity contribution < 1.29 is 10.1 Å². The van der Waals surface area contributed by atoms with E-state index in [4.69, 9.17) is 5.10 Å². The molecule has 7 heteroatoms. The summed E-state index contributed by atoms with van der Waals surface area (Å²) in [5.74, 6) is 2.01.